The molecule has 0 aliphatic carbocycles. The van der Waals surface area contributed by atoms with Crippen molar-refractivity contribution in [2.24, 2.45) is 11.8 Å². The second-order valence-electron chi connectivity index (χ2n) is 6.88. The highest BCUT2D eigenvalue weighted by Gasteiger charge is 2.40. The topological polar surface area (TPSA) is 58.3 Å². The van der Waals surface area contributed by atoms with Crippen LogP contribution in [-0.2, 0) is 6.54 Å². The molecule has 0 spiro atoms. The third-order valence-corrected chi connectivity index (χ3v) is 5.39. The van der Waals surface area contributed by atoms with E-state index in [-0.39, 0.29) is 0 Å². The van der Waals surface area contributed by atoms with E-state index >= 15 is 0 Å². The summed E-state index contributed by atoms with van der Waals surface area (Å²) >= 11 is 0. The van der Waals surface area contributed by atoms with Crippen LogP contribution in [0.25, 0.3) is 0 Å². The summed E-state index contributed by atoms with van der Waals surface area (Å²) in [5.41, 5.74) is 3.36. The lowest BCUT2D eigenvalue weighted by Crippen LogP contribution is -2.29. The smallest absolute Gasteiger partial charge is 0.181 e. The third kappa shape index (κ3) is 2.61. The summed E-state index contributed by atoms with van der Waals surface area (Å²) in [5, 5.41) is 0. The molecule has 0 bridgehead atoms. The van der Waals surface area contributed by atoms with Crippen LogP contribution in [0.1, 0.15) is 22.7 Å². The molecule has 0 N–H and O–H groups in total. The number of rotatable bonds is 3. The molecule has 4 rings (SSSR count). The average molecular weight is 313 g/mol. The molecule has 2 aliphatic heterocycles. The van der Waals surface area contributed by atoms with Crippen LogP contribution in [0.15, 0.2) is 17.1 Å². The SMILES string of the molecule is Cc1ncnc(N2CC3CN(Cc4ncoc4C)CC3C2)c1C. The number of hydrogen-bond acceptors (Lipinski definition) is 6. The molecule has 2 unspecified atom stereocenters. The van der Waals surface area contributed by atoms with Crippen LogP contribution in [0.5, 0.6) is 0 Å². The standard InChI is InChI=1S/C17H23N5O/c1-11-12(2)18-9-19-17(11)22-6-14-4-21(5-15(14)7-22)8-16-13(3)23-10-20-16/h9-10,14-15H,4-8H2,1-3H3. The molecule has 6 heteroatoms. The largest absolute Gasteiger partial charge is 0.448 e. The molecule has 2 saturated heterocycles. The Balaban J connectivity index is 1.42. The molecule has 2 fully saturated rings. The van der Waals surface area contributed by atoms with Crippen molar-refractivity contribution in [3.8, 4) is 0 Å². The Morgan fingerprint density at radius 1 is 1.04 bits per heavy atom. The zero-order chi connectivity index (χ0) is 16.0. The van der Waals surface area contributed by atoms with Crippen molar-refractivity contribution < 1.29 is 4.42 Å². The molecule has 0 radical (unpaired) electrons. The van der Waals surface area contributed by atoms with Gasteiger partial charge in [0, 0.05) is 44.0 Å². The summed E-state index contributed by atoms with van der Waals surface area (Å²) in [5.74, 6) is 3.50. The van der Waals surface area contributed by atoms with Gasteiger partial charge >= 0.3 is 0 Å². The summed E-state index contributed by atoms with van der Waals surface area (Å²) in [6.45, 7) is 11.5. The fraction of sp³-hybridized carbons (Fsp3) is 0.588. The van der Waals surface area contributed by atoms with E-state index in [2.05, 4.69) is 38.6 Å². The molecule has 6 nitrogen and oxygen atoms in total. The lowest BCUT2D eigenvalue weighted by Gasteiger charge is -2.23. The molecule has 122 valence electrons. The van der Waals surface area contributed by atoms with Crippen molar-refractivity contribution in [3.63, 3.8) is 0 Å². The van der Waals surface area contributed by atoms with Crippen LogP contribution in [0.2, 0.25) is 0 Å². The van der Waals surface area contributed by atoms with Gasteiger partial charge in [0.15, 0.2) is 6.39 Å². The number of hydrogen-bond donors (Lipinski definition) is 0. The Bertz CT molecular complexity index is 699. The second-order valence-corrected chi connectivity index (χ2v) is 6.88. The van der Waals surface area contributed by atoms with Crippen molar-refractivity contribution in [2.45, 2.75) is 27.3 Å². The number of fused-ring (bicyclic) bond motifs is 1. The van der Waals surface area contributed by atoms with Gasteiger partial charge in [-0.15, -0.1) is 0 Å². The Labute approximate surface area is 136 Å². The molecule has 2 aliphatic rings. The first-order chi connectivity index (χ1) is 11.1. The summed E-state index contributed by atoms with van der Waals surface area (Å²) in [6.07, 6.45) is 3.23. The van der Waals surface area contributed by atoms with Gasteiger partial charge in [-0.05, 0) is 32.6 Å². The zero-order valence-electron chi connectivity index (χ0n) is 14.0. The van der Waals surface area contributed by atoms with Gasteiger partial charge in [0.05, 0.1) is 5.69 Å². The molecule has 2 atom stereocenters. The highest BCUT2D eigenvalue weighted by molar-refractivity contribution is 5.48. The van der Waals surface area contributed by atoms with Crippen LogP contribution in [0.3, 0.4) is 0 Å². The third-order valence-electron chi connectivity index (χ3n) is 5.39. The molecule has 2 aromatic heterocycles. The van der Waals surface area contributed by atoms with Crippen molar-refractivity contribution in [3.05, 3.63) is 35.4 Å². The maximum atomic E-state index is 5.31. The monoisotopic (exact) mass is 313 g/mol. The quantitative estimate of drug-likeness (QED) is 0.863. The minimum Gasteiger partial charge on any atom is -0.448 e. The molecular weight excluding hydrogens is 290 g/mol. The molecule has 0 aromatic carbocycles. The maximum Gasteiger partial charge on any atom is 0.181 e. The normalized spacial score (nSPS) is 24.4. The van der Waals surface area contributed by atoms with Crippen molar-refractivity contribution in [2.75, 3.05) is 31.1 Å². The van der Waals surface area contributed by atoms with Crippen LogP contribution < -0.4 is 4.90 Å². The minimum absolute atomic E-state index is 0.719. The van der Waals surface area contributed by atoms with Gasteiger partial charge in [0.2, 0.25) is 0 Å². The average Bonchev–Trinajstić information content (AvgIpc) is 3.18. The second kappa shape index (κ2) is 5.60. The predicted molar refractivity (Wildman–Crippen MR) is 87.2 cm³/mol. The number of anilines is 1. The zero-order valence-corrected chi connectivity index (χ0v) is 14.0. The van der Waals surface area contributed by atoms with Gasteiger partial charge in [0.25, 0.3) is 0 Å². The van der Waals surface area contributed by atoms with Crippen LogP contribution >= 0.6 is 0 Å². The number of nitrogens with zero attached hydrogens (tertiary/aromatic N) is 5. The fourth-order valence-corrected chi connectivity index (χ4v) is 3.93. The van der Waals surface area contributed by atoms with Crippen molar-refractivity contribution >= 4 is 5.82 Å². The minimum atomic E-state index is 0.719. The maximum absolute atomic E-state index is 5.31. The van der Waals surface area contributed by atoms with Gasteiger partial charge in [-0.25, -0.2) is 15.0 Å². The van der Waals surface area contributed by atoms with E-state index in [4.69, 9.17) is 4.42 Å². The molecular formula is C17H23N5O. The first kappa shape index (κ1) is 14.6. The van der Waals surface area contributed by atoms with Gasteiger partial charge in [0.1, 0.15) is 17.9 Å². The van der Waals surface area contributed by atoms with Crippen LogP contribution in [0.4, 0.5) is 5.82 Å². The summed E-state index contributed by atoms with van der Waals surface area (Å²) in [4.78, 5) is 18.1. The highest BCUT2D eigenvalue weighted by Crippen LogP contribution is 2.35. The fourth-order valence-electron chi connectivity index (χ4n) is 3.93. The molecule has 23 heavy (non-hydrogen) atoms. The van der Waals surface area contributed by atoms with E-state index in [9.17, 15) is 0 Å². The van der Waals surface area contributed by atoms with E-state index in [1.165, 1.54) is 5.56 Å². The van der Waals surface area contributed by atoms with E-state index in [0.717, 1.165) is 67.5 Å². The Morgan fingerprint density at radius 3 is 2.43 bits per heavy atom. The van der Waals surface area contributed by atoms with Crippen molar-refractivity contribution in [1.29, 1.82) is 0 Å². The van der Waals surface area contributed by atoms with E-state index in [1.807, 2.05) is 6.92 Å². The lowest BCUT2D eigenvalue weighted by molar-refractivity contribution is 0.303. The van der Waals surface area contributed by atoms with E-state index in [0.29, 0.717) is 0 Å². The summed E-state index contributed by atoms with van der Waals surface area (Å²) < 4.78 is 5.31. The molecule has 0 amide bonds. The predicted octanol–water partition coefficient (Wildman–Crippen LogP) is 1.96. The van der Waals surface area contributed by atoms with Crippen LogP contribution in [0, 0.1) is 32.6 Å². The summed E-state index contributed by atoms with van der Waals surface area (Å²) in [7, 11) is 0. The molecule has 2 aromatic rings. The first-order valence-corrected chi connectivity index (χ1v) is 8.26. The number of aryl methyl sites for hydroxylation is 2. The lowest BCUT2D eigenvalue weighted by atomic mass is 10.0. The van der Waals surface area contributed by atoms with Gasteiger partial charge in [-0.3, -0.25) is 4.90 Å². The Kier molecular flexibility index (Phi) is 3.56. The number of oxazole rings is 1. The van der Waals surface area contributed by atoms with Gasteiger partial charge in [-0.1, -0.05) is 0 Å². The van der Waals surface area contributed by atoms with Gasteiger partial charge < -0.3 is 9.32 Å². The Hall–Kier alpha value is -1.95. The van der Waals surface area contributed by atoms with Crippen LogP contribution in [-0.4, -0.2) is 46.0 Å². The summed E-state index contributed by atoms with van der Waals surface area (Å²) in [6, 6.07) is 0. The molecule has 0 saturated carbocycles. The first-order valence-electron chi connectivity index (χ1n) is 8.26. The Morgan fingerprint density at radius 2 is 1.78 bits per heavy atom. The van der Waals surface area contributed by atoms with Gasteiger partial charge in [-0.2, -0.15) is 0 Å². The highest BCUT2D eigenvalue weighted by atomic mass is 16.3. The van der Waals surface area contributed by atoms with E-state index in [1.54, 1.807) is 12.7 Å². The number of aromatic nitrogens is 3. The van der Waals surface area contributed by atoms with Crippen molar-refractivity contribution in [1.82, 2.24) is 19.9 Å². The molecule has 4 heterocycles. The van der Waals surface area contributed by atoms with E-state index < -0.39 is 0 Å². The number of likely N-dealkylation sites (tertiary alicyclic amines) is 1.